The Hall–Kier alpha value is -2.17. The van der Waals surface area contributed by atoms with E-state index in [9.17, 15) is 4.79 Å². The third kappa shape index (κ3) is 2.25. The van der Waals surface area contributed by atoms with Crippen LogP contribution in [-0.2, 0) is 4.74 Å². The zero-order valence-electron chi connectivity index (χ0n) is 10.6. The van der Waals surface area contributed by atoms with Gasteiger partial charge in [-0.1, -0.05) is 0 Å². The van der Waals surface area contributed by atoms with Crippen LogP contribution in [0.25, 0.3) is 10.9 Å². The number of fused-ring (bicyclic) bond motifs is 1. The van der Waals surface area contributed by atoms with E-state index in [0.29, 0.717) is 17.1 Å². The van der Waals surface area contributed by atoms with Crippen LogP contribution in [0.15, 0.2) is 18.2 Å². The number of methoxy groups -OCH3 is 1. The molecule has 18 heavy (non-hydrogen) atoms. The lowest BCUT2D eigenvalue weighted by atomic mass is 10.2. The lowest BCUT2D eigenvalue weighted by molar-refractivity contribution is 0.0595. The number of aromatic nitrogens is 1. The van der Waals surface area contributed by atoms with Crippen LogP contribution >= 0.6 is 0 Å². The van der Waals surface area contributed by atoms with Crippen molar-refractivity contribution < 1.29 is 14.3 Å². The second kappa shape index (κ2) is 4.60. The maximum absolute atomic E-state index is 11.5. The third-order valence-corrected chi connectivity index (χ3v) is 2.49. The summed E-state index contributed by atoms with van der Waals surface area (Å²) in [5, 5.41) is 0.818. The molecule has 0 amide bonds. The van der Waals surface area contributed by atoms with Gasteiger partial charge in [-0.3, -0.25) is 0 Å². The number of ether oxygens (including phenoxy) is 2. The second-order valence-corrected chi connectivity index (χ2v) is 4.32. The zero-order chi connectivity index (χ0) is 13.3. The summed E-state index contributed by atoms with van der Waals surface area (Å²) in [6, 6.07) is 5.21. The van der Waals surface area contributed by atoms with Gasteiger partial charge in [0.15, 0.2) is 0 Å². The maximum Gasteiger partial charge on any atom is 0.354 e. The highest BCUT2D eigenvalue weighted by molar-refractivity contribution is 5.98. The molecule has 96 valence electrons. The predicted molar refractivity (Wildman–Crippen MR) is 69.8 cm³/mol. The summed E-state index contributed by atoms with van der Waals surface area (Å²) >= 11 is 0. The molecule has 0 atom stereocenters. The number of nitrogens with one attached hydrogen (secondary N) is 1. The fourth-order valence-electron chi connectivity index (χ4n) is 1.80. The first kappa shape index (κ1) is 12.3. The standard InChI is InChI=1S/C13H16N2O3/c1-7(2)18-12-5-8(14)4-10-9(12)6-11(15-10)13(16)17-3/h4-7,15H,14H2,1-3H3. The number of hydrogen-bond donors (Lipinski definition) is 2. The Labute approximate surface area is 105 Å². The molecule has 0 unspecified atom stereocenters. The number of H-pyrrole nitrogens is 1. The highest BCUT2D eigenvalue weighted by atomic mass is 16.5. The summed E-state index contributed by atoms with van der Waals surface area (Å²) in [5.74, 6) is 0.242. The molecule has 1 heterocycles. The minimum atomic E-state index is -0.416. The van der Waals surface area contributed by atoms with E-state index in [2.05, 4.69) is 9.72 Å². The number of aromatic amines is 1. The van der Waals surface area contributed by atoms with E-state index < -0.39 is 5.97 Å². The number of carbonyl (C=O) groups is 1. The molecule has 0 saturated heterocycles. The Morgan fingerprint density at radius 2 is 2.06 bits per heavy atom. The fraction of sp³-hybridized carbons (Fsp3) is 0.308. The quantitative estimate of drug-likeness (QED) is 0.645. The Morgan fingerprint density at radius 1 is 1.33 bits per heavy atom. The van der Waals surface area contributed by atoms with Crippen LogP contribution in [0.2, 0.25) is 0 Å². The molecule has 0 spiro atoms. The van der Waals surface area contributed by atoms with Crippen LogP contribution in [0.5, 0.6) is 5.75 Å². The van der Waals surface area contributed by atoms with Crippen molar-refractivity contribution in [3.63, 3.8) is 0 Å². The Kier molecular flexibility index (Phi) is 3.14. The molecule has 0 aliphatic rings. The normalized spacial score (nSPS) is 10.9. The first-order chi connectivity index (χ1) is 8.51. The van der Waals surface area contributed by atoms with E-state index >= 15 is 0 Å². The van der Waals surface area contributed by atoms with E-state index in [1.165, 1.54) is 7.11 Å². The van der Waals surface area contributed by atoms with Crippen molar-refractivity contribution in [2.45, 2.75) is 20.0 Å². The van der Waals surface area contributed by atoms with E-state index in [-0.39, 0.29) is 6.10 Å². The molecule has 0 bridgehead atoms. The lowest BCUT2D eigenvalue weighted by Gasteiger charge is -2.11. The Bertz CT molecular complexity index is 587. The molecular weight excluding hydrogens is 232 g/mol. The monoisotopic (exact) mass is 248 g/mol. The third-order valence-electron chi connectivity index (χ3n) is 2.49. The topological polar surface area (TPSA) is 77.3 Å². The minimum absolute atomic E-state index is 0.0338. The number of carbonyl (C=O) groups excluding carboxylic acids is 1. The SMILES string of the molecule is COC(=O)c1cc2c(OC(C)C)cc(N)cc2[nH]1. The molecule has 5 heteroatoms. The fourth-order valence-corrected chi connectivity index (χ4v) is 1.80. The highest BCUT2D eigenvalue weighted by Gasteiger charge is 2.14. The van der Waals surface area contributed by atoms with Crippen LogP contribution in [0.3, 0.4) is 0 Å². The number of esters is 1. The first-order valence-corrected chi connectivity index (χ1v) is 5.68. The number of anilines is 1. The molecule has 3 N–H and O–H groups in total. The van der Waals surface area contributed by atoms with E-state index in [1.54, 1.807) is 18.2 Å². The summed E-state index contributed by atoms with van der Waals surface area (Å²) in [5.41, 5.74) is 7.52. The van der Waals surface area contributed by atoms with Gasteiger partial charge in [0.25, 0.3) is 0 Å². The van der Waals surface area contributed by atoms with Crippen LogP contribution in [0, 0.1) is 0 Å². The van der Waals surface area contributed by atoms with Crippen molar-refractivity contribution in [2.24, 2.45) is 0 Å². The van der Waals surface area contributed by atoms with Gasteiger partial charge in [-0.2, -0.15) is 0 Å². The van der Waals surface area contributed by atoms with Gasteiger partial charge in [0.1, 0.15) is 11.4 Å². The van der Waals surface area contributed by atoms with Crippen LogP contribution in [0.1, 0.15) is 24.3 Å². The van der Waals surface area contributed by atoms with Gasteiger partial charge < -0.3 is 20.2 Å². The number of hydrogen-bond acceptors (Lipinski definition) is 4. The Balaban J connectivity index is 2.56. The molecule has 5 nitrogen and oxygen atoms in total. The second-order valence-electron chi connectivity index (χ2n) is 4.32. The molecule has 0 aliphatic carbocycles. The van der Waals surface area contributed by atoms with Crippen LogP contribution in [0.4, 0.5) is 5.69 Å². The van der Waals surface area contributed by atoms with Crippen molar-refractivity contribution in [3.8, 4) is 5.75 Å². The predicted octanol–water partition coefficient (Wildman–Crippen LogP) is 2.32. The summed E-state index contributed by atoms with van der Waals surface area (Å²) < 4.78 is 10.4. The molecule has 0 saturated carbocycles. The highest BCUT2D eigenvalue weighted by Crippen LogP contribution is 2.30. The summed E-state index contributed by atoms with van der Waals surface area (Å²) in [7, 11) is 1.34. The van der Waals surface area contributed by atoms with Gasteiger partial charge in [-0.05, 0) is 26.0 Å². The summed E-state index contributed by atoms with van der Waals surface area (Å²) in [6.45, 7) is 3.87. The average molecular weight is 248 g/mol. The largest absolute Gasteiger partial charge is 0.490 e. The molecular formula is C13H16N2O3. The number of rotatable bonds is 3. The molecule has 1 aromatic carbocycles. The van der Waals surface area contributed by atoms with Gasteiger partial charge in [0.05, 0.1) is 18.7 Å². The van der Waals surface area contributed by atoms with Gasteiger partial charge in [-0.25, -0.2) is 4.79 Å². The van der Waals surface area contributed by atoms with Gasteiger partial charge >= 0.3 is 5.97 Å². The van der Waals surface area contributed by atoms with Crippen molar-refractivity contribution in [2.75, 3.05) is 12.8 Å². The van der Waals surface area contributed by atoms with Crippen LogP contribution < -0.4 is 10.5 Å². The van der Waals surface area contributed by atoms with Gasteiger partial charge in [-0.15, -0.1) is 0 Å². The molecule has 2 aromatic rings. The maximum atomic E-state index is 11.5. The van der Waals surface area contributed by atoms with E-state index in [0.717, 1.165) is 10.9 Å². The van der Waals surface area contributed by atoms with E-state index in [1.807, 2.05) is 13.8 Å². The molecule has 0 fully saturated rings. The van der Waals surface area contributed by atoms with Crippen LogP contribution in [-0.4, -0.2) is 24.2 Å². The van der Waals surface area contributed by atoms with Gasteiger partial charge in [0, 0.05) is 17.1 Å². The summed E-state index contributed by atoms with van der Waals surface area (Å²) in [6.07, 6.45) is 0.0338. The van der Waals surface area contributed by atoms with Crippen molar-refractivity contribution in [1.29, 1.82) is 0 Å². The number of nitrogen functional groups attached to an aromatic ring is 1. The number of nitrogens with two attached hydrogens (primary N) is 1. The van der Waals surface area contributed by atoms with Gasteiger partial charge in [0.2, 0.25) is 0 Å². The minimum Gasteiger partial charge on any atom is -0.490 e. The lowest BCUT2D eigenvalue weighted by Crippen LogP contribution is -2.06. The molecule has 1 aromatic heterocycles. The number of benzene rings is 1. The molecule has 0 aliphatic heterocycles. The smallest absolute Gasteiger partial charge is 0.354 e. The zero-order valence-corrected chi connectivity index (χ0v) is 10.6. The van der Waals surface area contributed by atoms with Crippen molar-refractivity contribution in [3.05, 3.63) is 23.9 Å². The molecule has 2 rings (SSSR count). The van der Waals surface area contributed by atoms with Crippen molar-refractivity contribution in [1.82, 2.24) is 4.98 Å². The Morgan fingerprint density at radius 3 is 2.67 bits per heavy atom. The average Bonchev–Trinajstić information content (AvgIpc) is 2.70. The van der Waals surface area contributed by atoms with Crippen molar-refractivity contribution >= 4 is 22.6 Å². The summed E-state index contributed by atoms with van der Waals surface area (Å²) in [4.78, 5) is 14.4. The first-order valence-electron chi connectivity index (χ1n) is 5.68. The molecule has 0 radical (unpaired) electrons. The van der Waals surface area contributed by atoms with E-state index in [4.69, 9.17) is 10.5 Å².